The number of carbonyl (C=O) groups excluding carboxylic acids is 1. The van der Waals surface area contributed by atoms with Crippen LogP contribution in [0.4, 0.5) is 5.69 Å². The predicted molar refractivity (Wildman–Crippen MR) is 123 cm³/mol. The minimum atomic E-state index is -4.15. The molecular weight excluding hydrogens is 456 g/mol. The molecule has 1 aliphatic rings. The lowest BCUT2D eigenvalue weighted by Crippen LogP contribution is -2.42. The summed E-state index contributed by atoms with van der Waals surface area (Å²) in [5.74, 6) is 0.469. The van der Waals surface area contributed by atoms with Gasteiger partial charge in [0.15, 0.2) is 0 Å². The molecule has 1 unspecified atom stereocenters. The molecule has 0 aliphatic carbocycles. The van der Waals surface area contributed by atoms with Crippen molar-refractivity contribution in [3.05, 3.63) is 40.9 Å². The van der Waals surface area contributed by atoms with Crippen molar-refractivity contribution in [3.8, 4) is 17.2 Å². The average Bonchev–Trinajstić information content (AvgIpc) is 2.78. The van der Waals surface area contributed by atoms with E-state index in [-0.39, 0.29) is 44.6 Å². The molecule has 2 aromatic rings. The highest BCUT2D eigenvalue weighted by Crippen LogP contribution is 2.38. The molecule has 2 aromatic carbocycles. The van der Waals surface area contributed by atoms with E-state index in [2.05, 4.69) is 4.72 Å². The van der Waals surface area contributed by atoms with Gasteiger partial charge in [-0.25, -0.2) is 8.42 Å². The molecule has 174 valence electrons. The first-order chi connectivity index (χ1) is 15.2. The number of benzene rings is 2. The van der Waals surface area contributed by atoms with Gasteiger partial charge < -0.3 is 19.1 Å². The number of carbonyl (C=O) groups is 1. The predicted octanol–water partition coefficient (Wildman–Crippen LogP) is 4.18. The number of hydrogen-bond acceptors (Lipinski definition) is 6. The van der Waals surface area contributed by atoms with Gasteiger partial charge in [0.05, 0.1) is 32.0 Å². The third-order valence-electron chi connectivity index (χ3n) is 5.48. The highest BCUT2D eigenvalue weighted by Gasteiger charge is 2.28. The van der Waals surface area contributed by atoms with E-state index < -0.39 is 10.0 Å². The van der Waals surface area contributed by atoms with Gasteiger partial charge in [0, 0.05) is 24.2 Å². The number of likely N-dealkylation sites (tertiary alicyclic amines) is 1. The summed E-state index contributed by atoms with van der Waals surface area (Å²) in [6.07, 6.45) is 2.92. The summed E-state index contributed by atoms with van der Waals surface area (Å²) < 4.78 is 44.7. The summed E-state index contributed by atoms with van der Waals surface area (Å²) in [6.45, 7) is 2.65. The fourth-order valence-electron chi connectivity index (χ4n) is 3.72. The van der Waals surface area contributed by atoms with Crippen molar-refractivity contribution in [2.24, 2.45) is 0 Å². The number of amides is 1. The molecule has 0 radical (unpaired) electrons. The largest absolute Gasteiger partial charge is 0.495 e. The average molecular weight is 483 g/mol. The molecule has 1 amide bonds. The Morgan fingerprint density at radius 1 is 1.03 bits per heavy atom. The summed E-state index contributed by atoms with van der Waals surface area (Å²) in [6, 6.07) is 7.37. The second kappa shape index (κ2) is 9.87. The summed E-state index contributed by atoms with van der Waals surface area (Å²) in [4.78, 5) is 14.7. The van der Waals surface area contributed by atoms with Crippen molar-refractivity contribution in [3.63, 3.8) is 0 Å². The van der Waals surface area contributed by atoms with Crippen molar-refractivity contribution in [2.45, 2.75) is 37.1 Å². The number of hydrogen-bond donors (Lipinski definition) is 1. The van der Waals surface area contributed by atoms with E-state index in [0.717, 1.165) is 19.3 Å². The minimum absolute atomic E-state index is 0.0993. The molecule has 0 bridgehead atoms. The van der Waals surface area contributed by atoms with Gasteiger partial charge in [-0.1, -0.05) is 11.6 Å². The Morgan fingerprint density at radius 3 is 2.34 bits per heavy atom. The molecule has 1 aliphatic heterocycles. The van der Waals surface area contributed by atoms with Gasteiger partial charge in [-0.05, 0) is 50.5 Å². The molecule has 10 heteroatoms. The van der Waals surface area contributed by atoms with Crippen LogP contribution in [0.15, 0.2) is 35.2 Å². The Bertz CT molecular complexity index is 1110. The number of sulfonamides is 1. The fraction of sp³-hybridized carbons (Fsp3) is 0.409. The Labute approximate surface area is 193 Å². The van der Waals surface area contributed by atoms with E-state index in [4.69, 9.17) is 25.8 Å². The highest BCUT2D eigenvalue weighted by atomic mass is 35.5. The minimum Gasteiger partial charge on any atom is -0.495 e. The van der Waals surface area contributed by atoms with E-state index in [1.54, 1.807) is 11.0 Å². The Hall–Kier alpha value is -2.65. The maximum absolute atomic E-state index is 13.3. The van der Waals surface area contributed by atoms with Crippen molar-refractivity contribution < 1.29 is 27.4 Å². The summed E-state index contributed by atoms with van der Waals surface area (Å²) in [5.41, 5.74) is 0.404. The molecule has 3 rings (SSSR count). The summed E-state index contributed by atoms with van der Waals surface area (Å²) in [7, 11) is 0.0664. The zero-order chi connectivity index (χ0) is 23.5. The van der Waals surface area contributed by atoms with Crippen LogP contribution >= 0.6 is 11.6 Å². The number of nitrogens with zero attached hydrogens (tertiary/aromatic N) is 1. The summed E-state index contributed by atoms with van der Waals surface area (Å²) >= 11 is 6.17. The number of rotatable bonds is 7. The smallest absolute Gasteiger partial charge is 0.265 e. The van der Waals surface area contributed by atoms with E-state index >= 15 is 0 Å². The standard InChI is InChI=1S/C22H27ClN2O6S/c1-14-7-5-6-10-25(14)22(26)15-8-9-18(29-2)21(11-15)32(27,28)24-17-12-16(23)19(30-3)13-20(17)31-4/h8-9,11-14,24H,5-7,10H2,1-4H3. The monoisotopic (exact) mass is 482 g/mol. The van der Waals surface area contributed by atoms with Gasteiger partial charge in [-0.3, -0.25) is 9.52 Å². The second-order valence-electron chi connectivity index (χ2n) is 7.50. The number of nitrogens with one attached hydrogen (secondary N) is 1. The zero-order valence-electron chi connectivity index (χ0n) is 18.5. The van der Waals surface area contributed by atoms with Gasteiger partial charge >= 0.3 is 0 Å². The summed E-state index contributed by atoms with van der Waals surface area (Å²) in [5, 5.41) is 0.209. The first kappa shape index (κ1) is 24.0. The molecule has 1 atom stereocenters. The maximum Gasteiger partial charge on any atom is 0.265 e. The molecule has 1 fully saturated rings. The van der Waals surface area contributed by atoms with E-state index in [0.29, 0.717) is 12.3 Å². The lowest BCUT2D eigenvalue weighted by Gasteiger charge is -2.33. The molecular formula is C22H27ClN2O6S. The quantitative estimate of drug-likeness (QED) is 0.636. The zero-order valence-corrected chi connectivity index (χ0v) is 20.0. The van der Waals surface area contributed by atoms with Gasteiger partial charge in [0.25, 0.3) is 15.9 Å². The van der Waals surface area contributed by atoms with Gasteiger partial charge in [-0.15, -0.1) is 0 Å². The van der Waals surface area contributed by atoms with Crippen LogP contribution in [-0.4, -0.2) is 53.1 Å². The number of anilines is 1. The van der Waals surface area contributed by atoms with Gasteiger partial charge in [0.2, 0.25) is 0 Å². The lowest BCUT2D eigenvalue weighted by molar-refractivity contribution is 0.0635. The normalized spacial score (nSPS) is 16.4. The van der Waals surface area contributed by atoms with Crippen molar-refractivity contribution in [1.29, 1.82) is 0 Å². The van der Waals surface area contributed by atoms with Crippen LogP contribution < -0.4 is 18.9 Å². The van der Waals surface area contributed by atoms with Crippen LogP contribution in [0.3, 0.4) is 0 Å². The topological polar surface area (TPSA) is 94.2 Å². The molecule has 0 aromatic heterocycles. The maximum atomic E-state index is 13.3. The van der Waals surface area contributed by atoms with Crippen LogP contribution in [0.2, 0.25) is 5.02 Å². The van der Waals surface area contributed by atoms with Crippen LogP contribution in [0.25, 0.3) is 0 Å². The third kappa shape index (κ3) is 4.88. The van der Waals surface area contributed by atoms with Crippen molar-refractivity contribution in [2.75, 3.05) is 32.6 Å². The number of ether oxygens (including phenoxy) is 3. The SMILES string of the molecule is COc1cc(OC)c(NS(=O)(=O)c2cc(C(=O)N3CCCCC3C)ccc2OC)cc1Cl. The first-order valence-electron chi connectivity index (χ1n) is 10.1. The Morgan fingerprint density at radius 2 is 1.72 bits per heavy atom. The van der Waals surface area contributed by atoms with Crippen LogP contribution in [0.5, 0.6) is 17.2 Å². The molecule has 1 saturated heterocycles. The van der Waals surface area contributed by atoms with E-state index in [9.17, 15) is 13.2 Å². The Balaban J connectivity index is 1.99. The molecule has 0 saturated carbocycles. The number of piperidine rings is 1. The molecule has 1 heterocycles. The molecule has 1 N–H and O–H groups in total. The highest BCUT2D eigenvalue weighted by molar-refractivity contribution is 7.92. The second-order valence-corrected chi connectivity index (χ2v) is 9.56. The lowest BCUT2D eigenvalue weighted by atomic mass is 10.0. The molecule has 0 spiro atoms. The molecule has 32 heavy (non-hydrogen) atoms. The van der Waals surface area contributed by atoms with E-state index in [1.165, 1.54) is 45.6 Å². The molecule has 8 nitrogen and oxygen atoms in total. The Kier molecular flexibility index (Phi) is 7.40. The van der Waals surface area contributed by atoms with Gasteiger partial charge in [0.1, 0.15) is 22.1 Å². The van der Waals surface area contributed by atoms with E-state index in [1.807, 2.05) is 6.92 Å². The van der Waals surface area contributed by atoms with Crippen molar-refractivity contribution >= 4 is 33.2 Å². The fourth-order valence-corrected chi connectivity index (χ4v) is 5.22. The van der Waals surface area contributed by atoms with Gasteiger partial charge in [-0.2, -0.15) is 0 Å². The van der Waals surface area contributed by atoms with Crippen LogP contribution in [0.1, 0.15) is 36.5 Å². The van der Waals surface area contributed by atoms with Crippen molar-refractivity contribution in [1.82, 2.24) is 4.90 Å². The van der Waals surface area contributed by atoms with Crippen LogP contribution in [-0.2, 0) is 10.0 Å². The van der Waals surface area contributed by atoms with Crippen LogP contribution in [0, 0.1) is 0 Å². The first-order valence-corrected chi connectivity index (χ1v) is 12.0. The third-order valence-corrected chi connectivity index (χ3v) is 7.16. The number of halogens is 1. The number of methoxy groups -OCH3 is 3.